The highest BCUT2D eigenvalue weighted by molar-refractivity contribution is 5.89. The van der Waals surface area contributed by atoms with Crippen LogP contribution in [0.3, 0.4) is 0 Å². The fourth-order valence-corrected chi connectivity index (χ4v) is 4.98. The molecule has 36 heavy (non-hydrogen) atoms. The fourth-order valence-electron chi connectivity index (χ4n) is 4.98. The van der Waals surface area contributed by atoms with E-state index in [1.807, 2.05) is 34.6 Å². The lowest BCUT2D eigenvalue weighted by molar-refractivity contribution is -0.143. The van der Waals surface area contributed by atoms with E-state index in [4.69, 9.17) is 4.74 Å². The largest absolute Gasteiger partial charge is 0.369 e. The molecule has 1 aromatic rings. The summed E-state index contributed by atoms with van der Waals surface area (Å²) >= 11 is 0. The first-order chi connectivity index (χ1) is 16.8. The summed E-state index contributed by atoms with van der Waals surface area (Å²) in [6.45, 7) is 10.7. The van der Waals surface area contributed by atoms with Crippen LogP contribution in [0, 0.1) is 17.2 Å². The highest BCUT2D eigenvalue weighted by Crippen LogP contribution is 2.36. The molecule has 2 aliphatic heterocycles. The Morgan fingerprint density at radius 1 is 1.17 bits per heavy atom. The number of halogens is 1. The monoisotopic (exact) mass is 504 g/mol. The van der Waals surface area contributed by atoms with Crippen molar-refractivity contribution in [3.63, 3.8) is 0 Å². The molecule has 8 nitrogen and oxygen atoms in total. The van der Waals surface area contributed by atoms with Crippen LogP contribution in [0.2, 0.25) is 0 Å². The SMILES string of the molecule is CC[C@@H](C)C(=O)N[C@H](C(=O)N1CC[C@@H]2[C@H]1[C@@H](OCc1ccc(F)cc1)CN2C(=O)N(C)C)C(C)(C)C. The Morgan fingerprint density at radius 3 is 2.36 bits per heavy atom. The number of hydrogen-bond acceptors (Lipinski definition) is 4. The zero-order chi connectivity index (χ0) is 26.8. The second kappa shape index (κ2) is 11.2. The molecule has 2 heterocycles. The van der Waals surface area contributed by atoms with Crippen LogP contribution in [0.1, 0.15) is 53.0 Å². The highest BCUT2D eigenvalue weighted by atomic mass is 19.1. The van der Waals surface area contributed by atoms with Gasteiger partial charge in [-0.15, -0.1) is 0 Å². The summed E-state index contributed by atoms with van der Waals surface area (Å²) in [5, 5.41) is 3.00. The van der Waals surface area contributed by atoms with Gasteiger partial charge in [0.1, 0.15) is 11.9 Å². The first-order valence-electron chi connectivity index (χ1n) is 12.8. The summed E-state index contributed by atoms with van der Waals surface area (Å²) in [4.78, 5) is 44.8. The molecule has 0 spiro atoms. The summed E-state index contributed by atoms with van der Waals surface area (Å²) in [5.74, 6) is -0.800. The van der Waals surface area contributed by atoms with Crippen LogP contribution >= 0.6 is 0 Å². The van der Waals surface area contributed by atoms with Gasteiger partial charge in [-0.05, 0) is 36.0 Å². The predicted molar refractivity (Wildman–Crippen MR) is 136 cm³/mol. The molecule has 9 heteroatoms. The fraction of sp³-hybridized carbons (Fsp3) is 0.667. The van der Waals surface area contributed by atoms with Gasteiger partial charge in [0.2, 0.25) is 11.8 Å². The lowest BCUT2D eigenvalue weighted by Gasteiger charge is -2.37. The average Bonchev–Trinajstić information content (AvgIpc) is 3.40. The number of carbonyl (C=O) groups is 3. The molecule has 5 atom stereocenters. The number of likely N-dealkylation sites (tertiary alicyclic amines) is 2. The van der Waals surface area contributed by atoms with Crippen molar-refractivity contribution in [3.05, 3.63) is 35.6 Å². The lowest BCUT2D eigenvalue weighted by atomic mass is 9.85. The van der Waals surface area contributed by atoms with E-state index in [1.165, 1.54) is 17.0 Å². The zero-order valence-corrected chi connectivity index (χ0v) is 22.6. The molecule has 200 valence electrons. The molecule has 1 aromatic carbocycles. The van der Waals surface area contributed by atoms with Crippen molar-refractivity contribution in [2.24, 2.45) is 11.3 Å². The topological polar surface area (TPSA) is 82.2 Å². The maximum absolute atomic E-state index is 13.9. The van der Waals surface area contributed by atoms with Crippen LogP contribution in [0.25, 0.3) is 0 Å². The molecular formula is C27H41FN4O4. The molecule has 2 aliphatic rings. The Labute approximate surface area is 214 Å². The first kappa shape index (κ1) is 27.9. The molecule has 0 aromatic heterocycles. The molecular weight excluding hydrogens is 463 g/mol. The van der Waals surface area contributed by atoms with Gasteiger partial charge in [0.15, 0.2) is 0 Å². The molecule has 0 unspecified atom stereocenters. The molecule has 2 saturated heterocycles. The molecule has 0 saturated carbocycles. The molecule has 0 radical (unpaired) electrons. The molecule has 4 amide bonds. The van der Waals surface area contributed by atoms with Gasteiger partial charge < -0.3 is 24.8 Å². The van der Waals surface area contributed by atoms with E-state index in [9.17, 15) is 18.8 Å². The third kappa shape index (κ3) is 5.99. The van der Waals surface area contributed by atoms with Crippen molar-refractivity contribution < 1.29 is 23.5 Å². The standard InChI is InChI=1S/C27H41FN4O4/c1-8-17(2)24(33)29-23(27(3,4)5)25(34)31-14-13-20-22(31)21(15-32(20)26(35)30(6)7)36-16-18-9-11-19(28)12-10-18/h9-12,17,20-23H,8,13-16H2,1-7H3,(H,29,33)/t17-,20-,21+,22+,23-/m1/s1. The van der Waals surface area contributed by atoms with Crippen molar-refractivity contribution in [1.82, 2.24) is 20.0 Å². The quantitative estimate of drug-likeness (QED) is 0.618. The number of hydrogen-bond donors (Lipinski definition) is 1. The number of carbonyl (C=O) groups excluding carboxylic acids is 3. The van der Waals surface area contributed by atoms with E-state index in [1.54, 1.807) is 36.0 Å². The van der Waals surface area contributed by atoms with E-state index >= 15 is 0 Å². The lowest BCUT2D eigenvalue weighted by Crippen LogP contribution is -2.58. The van der Waals surface area contributed by atoms with Gasteiger partial charge >= 0.3 is 6.03 Å². The summed E-state index contributed by atoms with van der Waals surface area (Å²) < 4.78 is 19.6. The second-order valence-electron chi connectivity index (χ2n) is 11.3. The van der Waals surface area contributed by atoms with E-state index in [-0.39, 0.29) is 48.3 Å². The number of ether oxygens (including phenoxy) is 1. The van der Waals surface area contributed by atoms with Crippen LogP contribution in [-0.4, -0.2) is 84.0 Å². The summed E-state index contributed by atoms with van der Waals surface area (Å²) in [7, 11) is 3.42. The Bertz CT molecular complexity index is 946. The normalized spacial score (nSPS) is 23.3. The van der Waals surface area contributed by atoms with E-state index in [2.05, 4.69) is 5.32 Å². The van der Waals surface area contributed by atoms with Crippen molar-refractivity contribution in [1.29, 1.82) is 0 Å². The Hall–Kier alpha value is -2.68. The van der Waals surface area contributed by atoms with Gasteiger partial charge in [0.25, 0.3) is 0 Å². The van der Waals surface area contributed by atoms with E-state index < -0.39 is 17.6 Å². The Kier molecular flexibility index (Phi) is 8.64. The molecule has 3 rings (SSSR count). The van der Waals surface area contributed by atoms with Gasteiger partial charge in [-0.2, -0.15) is 0 Å². The van der Waals surface area contributed by atoms with Gasteiger partial charge in [0, 0.05) is 26.6 Å². The third-order valence-corrected chi connectivity index (χ3v) is 7.33. The van der Waals surface area contributed by atoms with Crippen LogP contribution in [0.4, 0.5) is 9.18 Å². The van der Waals surface area contributed by atoms with Crippen molar-refractivity contribution in [2.45, 2.75) is 78.3 Å². The minimum atomic E-state index is -0.700. The third-order valence-electron chi connectivity index (χ3n) is 7.33. The second-order valence-corrected chi connectivity index (χ2v) is 11.3. The van der Waals surface area contributed by atoms with Gasteiger partial charge in [-0.25, -0.2) is 9.18 Å². The van der Waals surface area contributed by atoms with Crippen LogP contribution in [-0.2, 0) is 20.9 Å². The molecule has 0 aliphatic carbocycles. The number of nitrogens with zero attached hydrogens (tertiary/aromatic N) is 3. The number of rotatable bonds is 7. The smallest absolute Gasteiger partial charge is 0.319 e. The number of benzene rings is 1. The maximum Gasteiger partial charge on any atom is 0.319 e. The average molecular weight is 505 g/mol. The summed E-state index contributed by atoms with van der Waals surface area (Å²) in [5.41, 5.74) is 0.315. The van der Waals surface area contributed by atoms with Crippen molar-refractivity contribution in [3.8, 4) is 0 Å². The first-order valence-corrected chi connectivity index (χ1v) is 12.8. The van der Waals surface area contributed by atoms with Gasteiger partial charge in [0.05, 0.1) is 31.3 Å². The predicted octanol–water partition coefficient (Wildman–Crippen LogP) is 3.25. The maximum atomic E-state index is 13.9. The van der Waals surface area contributed by atoms with E-state index in [0.29, 0.717) is 25.9 Å². The van der Waals surface area contributed by atoms with Crippen LogP contribution < -0.4 is 5.32 Å². The molecule has 2 fully saturated rings. The number of nitrogens with one attached hydrogen (secondary N) is 1. The number of urea groups is 1. The molecule has 1 N–H and O–H groups in total. The number of fused-ring (bicyclic) bond motifs is 1. The van der Waals surface area contributed by atoms with Gasteiger partial charge in [-0.1, -0.05) is 46.8 Å². The summed E-state index contributed by atoms with van der Waals surface area (Å²) in [6, 6.07) is 4.79. The zero-order valence-electron chi connectivity index (χ0n) is 22.6. The van der Waals surface area contributed by atoms with Crippen molar-refractivity contribution >= 4 is 17.8 Å². The van der Waals surface area contributed by atoms with Crippen LogP contribution in [0.5, 0.6) is 0 Å². The summed E-state index contributed by atoms with van der Waals surface area (Å²) in [6.07, 6.45) is 0.927. The number of amides is 4. The highest BCUT2D eigenvalue weighted by Gasteiger charge is 2.54. The Morgan fingerprint density at radius 2 is 1.81 bits per heavy atom. The van der Waals surface area contributed by atoms with Gasteiger partial charge in [-0.3, -0.25) is 9.59 Å². The minimum absolute atomic E-state index is 0.121. The Balaban J connectivity index is 1.86. The van der Waals surface area contributed by atoms with Crippen molar-refractivity contribution in [2.75, 3.05) is 27.2 Å². The molecule has 0 bridgehead atoms. The van der Waals surface area contributed by atoms with E-state index in [0.717, 1.165) is 5.56 Å². The van der Waals surface area contributed by atoms with Crippen LogP contribution in [0.15, 0.2) is 24.3 Å². The minimum Gasteiger partial charge on any atom is -0.369 e.